The Kier molecular flexibility index (Phi) is 4.67. The Morgan fingerprint density at radius 3 is 2.32 bits per heavy atom. The molecule has 0 heterocycles. The van der Waals surface area contributed by atoms with Crippen LogP contribution in [0, 0.1) is 0 Å². The highest BCUT2D eigenvalue weighted by molar-refractivity contribution is 7.90. The summed E-state index contributed by atoms with van der Waals surface area (Å²) in [6.45, 7) is 0. The largest absolute Gasteiger partial charge is 0.616 e. The number of allylic oxidation sites excluding steroid dienone is 5. The van der Waals surface area contributed by atoms with E-state index in [4.69, 9.17) is 4.74 Å². The lowest BCUT2D eigenvalue weighted by Crippen LogP contribution is -2.15. The molecule has 1 aromatic carbocycles. The topological polar surface area (TPSA) is 88.0 Å². The lowest BCUT2D eigenvalue weighted by Gasteiger charge is -2.16. The smallest absolute Gasteiger partial charge is 0.282 e. The third-order valence-electron chi connectivity index (χ3n) is 2.89. The van der Waals surface area contributed by atoms with Crippen LogP contribution in [-0.2, 0) is 14.8 Å². The molecule has 0 bridgehead atoms. The average molecular weight is 320 g/mol. The zero-order valence-corrected chi connectivity index (χ0v) is 12.8. The first-order chi connectivity index (χ1) is 10.5. The first kappa shape index (κ1) is 15.8. The summed E-state index contributed by atoms with van der Waals surface area (Å²) in [7, 11) is -1.23. The molecule has 0 aromatic heterocycles. The first-order valence-corrected chi connectivity index (χ1v) is 7.71. The van der Waals surface area contributed by atoms with Crippen molar-refractivity contribution in [2.75, 3.05) is 14.2 Å². The normalized spacial score (nSPS) is 18.4. The second-order valence-electron chi connectivity index (χ2n) is 4.25. The molecule has 0 radical (unpaired) electrons. The number of nitrogens with zero attached hydrogens (tertiary/aromatic N) is 1. The predicted octanol–water partition coefficient (Wildman–Crippen LogP) is 1.17. The van der Waals surface area contributed by atoms with Crippen LogP contribution in [0.5, 0.6) is 5.75 Å². The van der Waals surface area contributed by atoms with Crippen molar-refractivity contribution in [1.29, 1.82) is 0 Å². The van der Waals surface area contributed by atoms with E-state index in [0.717, 1.165) is 0 Å². The van der Waals surface area contributed by atoms with E-state index < -0.39 is 16.0 Å². The Morgan fingerprint density at radius 1 is 1.09 bits per heavy atom. The lowest BCUT2D eigenvalue weighted by atomic mass is 10.1. The Morgan fingerprint density at radius 2 is 1.73 bits per heavy atom. The van der Waals surface area contributed by atoms with Crippen LogP contribution < -0.4 is 9.84 Å². The first-order valence-electron chi connectivity index (χ1n) is 6.27. The molecule has 0 spiro atoms. The molecule has 0 unspecified atom stereocenters. The second-order valence-corrected chi connectivity index (χ2v) is 5.85. The van der Waals surface area contributed by atoms with Crippen molar-refractivity contribution in [1.82, 2.24) is 0 Å². The zero-order chi connectivity index (χ0) is 16.2. The number of benzene rings is 1. The second kappa shape index (κ2) is 6.48. The summed E-state index contributed by atoms with van der Waals surface area (Å²) in [5.74, 6) is -0.113. The van der Waals surface area contributed by atoms with E-state index in [2.05, 4.69) is 9.13 Å². The molecule has 0 N–H and O–H groups in total. The van der Waals surface area contributed by atoms with E-state index >= 15 is 0 Å². The molecule has 116 valence electrons. The molecule has 0 fully saturated rings. The van der Waals surface area contributed by atoms with Crippen LogP contribution in [0.4, 0.5) is 0 Å². The molecule has 1 aliphatic carbocycles. The van der Waals surface area contributed by atoms with Gasteiger partial charge in [0, 0.05) is 5.57 Å². The average Bonchev–Trinajstić information content (AvgIpc) is 2.54. The number of hydrogen-bond donors (Lipinski definition) is 0. The van der Waals surface area contributed by atoms with Gasteiger partial charge in [0.15, 0.2) is 0 Å². The minimum atomic E-state index is -3.94. The Hall–Kier alpha value is -2.54. The summed E-state index contributed by atoms with van der Waals surface area (Å²) in [5, 5.41) is 11.6. The minimum Gasteiger partial charge on any atom is -0.616 e. The molecule has 0 atom stereocenters. The van der Waals surface area contributed by atoms with Gasteiger partial charge in [0.1, 0.15) is 5.75 Å². The number of ether oxygens (including phenoxy) is 2. The highest BCUT2D eigenvalue weighted by Crippen LogP contribution is 2.20. The Balaban J connectivity index is 2.45. The number of methoxy groups -OCH3 is 2. The third-order valence-corrected chi connectivity index (χ3v) is 4.19. The zero-order valence-electron chi connectivity index (χ0n) is 12.0. The molecule has 2 rings (SSSR count). The summed E-state index contributed by atoms with van der Waals surface area (Å²) in [6.07, 6.45) is 6.08. The standard InChI is InChI=1S/C15H15NO5S/c1-20-11-7-9-12(10-8-11)22(18,19)16-14-6-4-3-5-13(14)15(17)21-2/h3-10,17H,1-2H3/p-1. The van der Waals surface area contributed by atoms with Crippen LogP contribution in [0.15, 0.2) is 69.4 Å². The highest BCUT2D eigenvalue weighted by atomic mass is 32.2. The van der Waals surface area contributed by atoms with Crippen molar-refractivity contribution < 1.29 is 23.0 Å². The van der Waals surface area contributed by atoms with Gasteiger partial charge in [0.25, 0.3) is 10.0 Å². The molecule has 0 aliphatic heterocycles. The molecule has 0 saturated heterocycles. The van der Waals surface area contributed by atoms with Gasteiger partial charge in [-0.3, -0.25) is 0 Å². The van der Waals surface area contributed by atoms with Gasteiger partial charge in [-0.2, -0.15) is 12.8 Å². The van der Waals surface area contributed by atoms with Gasteiger partial charge in [0.2, 0.25) is 0 Å². The maximum atomic E-state index is 12.3. The Bertz CT molecular complexity index is 771. The van der Waals surface area contributed by atoms with E-state index in [1.54, 1.807) is 12.2 Å². The summed E-state index contributed by atoms with van der Waals surface area (Å²) >= 11 is 0. The van der Waals surface area contributed by atoms with E-state index in [9.17, 15) is 13.5 Å². The van der Waals surface area contributed by atoms with Crippen molar-refractivity contribution >= 4 is 15.7 Å². The van der Waals surface area contributed by atoms with Crippen molar-refractivity contribution in [2.24, 2.45) is 4.40 Å². The number of hydrogen-bond acceptors (Lipinski definition) is 5. The van der Waals surface area contributed by atoms with Crippen LogP contribution in [0.25, 0.3) is 0 Å². The number of rotatable bonds is 4. The van der Waals surface area contributed by atoms with Crippen molar-refractivity contribution in [2.45, 2.75) is 4.90 Å². The van der Waals surface area contributed by atoms with Gasteiger partial charge in [-0.25, -0.2) is 0 Å². The monoisotopic (exact) mass is 320 g/mol. The maximum Gasteiger partial charge on any atom is 0.282 e. The van der Waals surface area contributed by atoms with Crippen LogP contribution in [-0.4, -0.2) is 28.3 Å². The van der Waals surface area contributed by atoms with Gasteiger partial charge < -0.3 is 14.6 Å². The van der Waals surface area contributed by atoms with E-state index in [0.29, 0.717) is 5.75 Å². The van der Waals surface area contributed by atoms with Gasteiger partial charge >= 0.3 is 0 Å². The highest BCUT2D eigenvalue weighted by Gasteiger charge is 2.16. The fourth-order valence-corrected chi connectivity index (χ4v) is 2.77. The van der Waals surface area contributed by atoms with Gasteiger partial charge in [-0.15, -0.1) is 0 Å². The molecule has 7 heteroatoms. The molecule has 0 saturated carbocycles. The summed E-state index contributed by atoms with van der Waals surface area (Å²) in [6, 6.07) is 5.82. The Labute approximate surface area is 128 Å². The van der Waals surface area contributed by atoms with E-state index in [-0.39, 0.29) is 16.2 Å². The van der Waals surface area contributed by atoms with Crippen LogP contribution >= 0.6 is 0 Å². The van der Waals surface area contributed by atoms with E-state index in [1.165, 1.54) is 50.6 Å². The van der Waals surface area contributed by atoms with Gasteiger partial charge in [-0.05, 0) is 37.5 Å². The van der Waals surface area contributed by atoms with Crippen molar-refractivity contribution in [3.05, 3.63) is 60.1 Å². The van der Waals surface area contributed by atoms with Gasteiger partial charge in [-0.1, -0.05) is 18.2 Å². The third kappa shape index (κ3) is 3.37. The van der Waals surface area contributed by atoms with Crippen LogP contribution in [0.3, 0.4) is 0 Å². The van der Waals surface area contributed by atoms with Crippen molar-refractivity contribution in [3.63, 3.8) is 0 Å². The van der Waals surface area contributed by atoms with E-state index in [1.807, 2.05) is 0 Å². The molecular formula is C15H14NO5S-. The summed E-state index contributed by atoms with van der Waals surface area (Å²) < 4.78 is 37.9. The molecule has 1 aliphatic rings. The molecule has 1 aromatic rings. The minimum absolute atomic E-state index is 0.00738. The molecule has 0 amide bonds. The molecular weight excluding hydrogens is 306 g/mol. The fraction of sp³-hybridized carbons (Fsp3) is 0.133. The summed E-state index contributed by atoms with van der Waals surface area (Å²) in [4.78, 5) is 0.00738. The number of sulfonamides is 1. The quantitative estimate of drug-likeness (QED) is 0.777. The van der Waals surface area contributed by atoms with Crippen molar-refractivity contribution in [3.8, 4) is 5.75 Å². The lowest BCUT2D eigenvalue weighted by molar-refractivity contribution is -0.354. The predicted molar refractivity (Wildman–Crippen MR) is 79.9 cm³/mol. The summed E-state index contributed by atoms with van der Waals surface area (Å²) in [5.41, 5.74) is 0.118. The molecule has 6 nitrogen and oxygen atoms in total. The van der Waals surface area contributed by atoms with Crippen LogP contribution in [0.1, 0.15) is 0 Å². The van der Waals surface area contributed by atoms with Gasteiger partial charge in [0.05, 0.1) is 23.7 Å². The molecule has 22 heavy (non-hydrogen) atoms. The fourth-order valence-electron chi connectivity index (χ4n) is 1.77. The van der Waals surface area contributed by atoms with Crippen LogP contribution in [0.2, 0.25) is 0 Å². The SMILES string of the molecule is COC([O-])=C1C=CC=CC1=NS(=O)(=O)c1ccc(OC)cc1. The maximum absolute atomic E-state index is 12.3.